The summed E-state index contributed by atoms with van der Waals surface area (Å²) in [6.45, 7) is 4.93. The molecule has 1 atom stereocenters. The fraction of sp³-hybridized carbons (Fsp3) is 0.667. The minimum atomic E-state index is 0.325. The monoisotopic (exact) mass is 290 g/mol. The first-order chi connectivity index (χ1) is 10.1. The summed E-state index contributed by atoms with van der Waals surface area (Å²) in [5, 5.41) is 9.03. The van der Waals surface area contributed by atoms with Crippen molar-refractivity contribution >= 4 is 0 Å². The third-order valence-electron chi connectivity index (χ3n) is 4.53. The number of benzene rings is 1. The van der Waals surface area contributed by atoms with Crippen LogP contribution in [0.25, 0.3) is 0 Å². The predicted molar refractivity (Wildman–Crippen MR) is 88.3 cm³/mol. The Morgan fingerprint density at radius 2 is 1.95 bits per heavy atom. The van der Waals surface area contributed by atoms with Crippen molar-refractivity contribution in [2.45, 2.75) is 32.2 Å². The van der Waals surface area contributed by atoms with Crippen LogP contribution in [0.3, 0.4) is 0 Å². The summed E-state index contributed by atoms with van der Waals surface area (Å²) >= 11 is 0. The fourth-order valence-corrected chi connectivity index (χ4v) is 3.70. The topological polar surface area (TPSA) is 26.7 Å². The van der Waals surface area contributed by atoms with Gasteiger partial charge in [-0.15, -0.1) is 0 Å². The number of aliphatic hydroxyl groups excluding tert-OH is 1. The van der Waals surface area contributed by atoms with Crippen LogP contribution in [0.15, 0.2) is 30.3 Å². The second kappa shape index (κ2) is 7.92. The lowest BCUT2D eigenvalue weighted by molar-refractivity contribution is 0.167. The van der Waals surface area contributed by atoms with Crippen LogP contribution in [0.5, 0.6) is 0 Å². The van der Waals surface area contributed by atoms with E-state index < -0.39 is 0 Å². The Morgan fingerprint density at radius 3 is 2.62 bits per heavy atom. The molecule has 21 heavy (non-hydrogen) atoms. The van der Waals surface area contributed by atoms with Crippen LogP contribution in [-0.2, 0) is 6.54 Å². The number of nitrogens with zero attached hydrogens (tertiary/aromatic N) is 2. The molecule has 0 radical (unpaired) electrons. The van der Waals surface area contributed by atoms with Crippen LogP contribution in [-0.4, -0.2) is 55.2 Å². The molecule has 0 amide bonds. The quantitative estimate of drug-likeness (QED) is 0.746. The van der Waals surface area contributed by atoms with Gasteiger partial charge in [-0.3, -0.25) is 4.90 Å². The number of unbranched alkanes of at least 4 members (excludes halogenated alkanes) is 1. The van der Waals surface area contributed by atoms with Crippen molar-refractivity contribution in [3.05, 3.63) is 35.9 Å². The number of rotatable bonds is 8. The highest BCUT2D eigenvalue weighted by atomic mass is 16.2. The van der Waals surface area contributed by atoms with Gasteiger partial charge in [0.2, 0.25) is 0 Å². The molecule has 1 aliphatic heterocycles. The molecule has 1 unspecified atom stereocenters. The average Bonchev–Trinajstić information content (AvgIpc) is 2.82. The second-order valence-electron chi connectivity index (χ2n) is 6.86. The molecule has 1 heterocycles. The van der Waals surface area contributed by atoms with E-state index in [1.165, 1.54) is 31.5 Å². The second-order valence-corrected chi connectivity index (χ2v) is 6.86. The summed E-state index contributed by atoms with van der Waals surface area (Å²) in [4.78, 5) is 4.92. The van der Waals surface area contributed by atoms with Crippen LogP contribution in [0, 0.1) is 5.41 Å². The van der Waals surface area contributed by atoms with E-state index in [0.717, 1.165) is 25.9 Å². The molecule has 1 fully saturated rings. The molecule has 0 aromatic heterocycles. The van der Waals surface area contributed by atoms with Crippen molar-refractivity contribution in [1.29, 1.82) is 0 Å². The van der Waals surface area contributed by atoms with Crippen LogP contribution in [0.4, 0.5) is 0 Å². The normalized spacial score (nSPS) is 23.0. The van der Waals surface area contributed by atoms with Crippen molar-refractivity contribution in [3.63, 3.8) is 0 Å². The molecule has 1 aromatic rings. The molecule has 3 nitrogen and oxygen atoms in total. The lowest BCUT2D eigenvalue weighted by Gasteiger charge is -2.32. The van der Waals surface area contributed by atoms with Crippen LogP contribution < -0.4 is 0 Å². The first-order valence-corrected chi connectivity index (χ1v) is 8.15. The maximum Gasteiger partial charge on any atom is 0.0431 e. The van der Waals surface area contributed by atoms with E-state index in [0.29, 0.717) is 12.0 Å². The first kappa shape index (κ1) is 16.5. The van der Waals surface area contributed by atoms with Gasteiger partial charge in [-0.25, -0.2) is 0 Å². The lowest BCUT2D eigenvalue weighted by Crippen LogP contribution is -2.36. The summed E-state index contributed by atoms with van der Waals surface area (Å²) in [5.74, 6) is 0. The van der Waals surface area contributed by atoms with Gasteiger partial charge in [-0.2, -0.15) is 0 Å². The third-order valence-corrected chi connectivity index (χ3v) is 4.53. The Kier molecular flexibility index (Phi) is 6.22. The molecular formula is C18H30N2O. The number of likely N-dealkylation sites (tertiary alicyclic amines) is 1. The van der Waals surface area contributed by atoms with Crippen LogP contribution >= 0.6 is 0 Å². The number of hydrogen-bond donors (Lipinski definition) is 1. The van der Waals surface area contributed by atoms with Gasteiger partial charge in [-0.05, 0) is 50.9 Å². The maximum atomic E-state index is 9.03. The van der Waals surface area contributed by atoms with Crippen molar-refractivity contribution in [2.24, 2.45) is 5.41 Å². The molecule has 0 bridgehead atoms. The Morgan fingerprint density at radius 1 is 1.19 bits per heavy atom. The maximum absolute atomic E-state index is 9.03. The van der Waals surface area contributed by atoms with E-state index in [9.17, 15) is 0 Å². The van der Waals surface area contributed by atoms with Crippen molar-refractivity contribution < 1.29 is 5.11 Å². The summed E-state index contributed by atoms with van der Waals surface area (Å²) in [5.41, 5.74) is 1.82. The zero-order valence-corrected chi connectivity index (χ0v) is 13.6. The minimum Gasteiger partial charge on any atom is -0.396 e. The van der Waals surface area contributed by atoms with Gasteiger partial charge in [0.15, 0.2) is 0 Å². The van der Waals surface area contributed by atoms with Gasteiger partial charge in [-0.1, -0.05) is 36.8 Å². The highest BCUT2D eigenvalue weighted by Crippen LogP contribution is 2.36. The highest BCUT2D eigenvalue weighted by molar-refractivity contribution is 5.14. The van der Waals surface area contributed by atoms with E-state index in [1.54, 1.807) is 0 Å². The summed E-state index contributed by atoms with van der Waals surface area (Å²) in [7, 11) is 4.35. The molecule has 0 saturated carbocycles. The zero-order chi connectivity index (χ0) is 15.1. The molecule has 1 aliphatic rings. The van der Waals surface area contributed by atoms with Gasteiger partial charge in [0.1, 0.15) is 0 Å². The van der Waals surface area contributed by atoms with Crippen molar-refractivity contribution in [1.82, 2.24) is 9.80 Å². The molecule has 2 rings (SSSR count). The first-order valence-electron chi connectivity index (χ1n) is 8.15. The Balaban J connectivity index is 1.93. The Hall–Kier alpha value is -0.900. The largest absolute Gasteiger partial charge is 0.396 e. The Bertz CT molecular complexity index is 407. The van der Waals surface area contributed by atoms with Crippen LogP contribution in [0.2, 0.25) is 0 Å². The van der Waals surface area contributed by atoms with Gasteiger partial charge in [0.05, 0.1) is 0 Å². The van der Waals surface area contributed by atoms with Crippen molar-refractivity contribution in [2.75, 3.05) is 40.3 Å². The average molecular weight is 290 g/mol. The number of aliphatic hydroxyl groups is 1. The molecule has 1 saturated heterocycles. The standard InChI is InChI=1S/C18H30N2O/c1-19(2)15-18(10-6-7-13-21)11-12-20(16-18)14-17-8-4-3-5-9-17/h3-5,8-9,21H,6-7,10-16H2,1-2H3. The third kappa shape index (κ3) is 5.10. The summed E-state index contributed by atoms with van der Waals surface area (Å²) in [6.07, 6.45) is 4.60. The van der Waals surface area contributed by atoms with E-state index in [-0.39, 0.29) is 0 Å². The van der Waals surface area contributed by atoms with E-state index in [4.69, 9.17) is 5.11 Å². The molecule has 0 aliphatic carbocycles. The highest BCUT2D eigenvalue weighted by Gasteiger charge is 2.37. The summed E-state index contributed by atoms with van der Waals surface area (Å²) < 4.78 is 0. The molecule has 1 N–H and O–H groups in total. The lowest BCUT2D eigenvalue weighted by atomic mass is 9.81. The van der Waals surface area contributed by atoms with E-state index in [1.807, 2.05) is 0 Å². The molecule has 118 valence electrons. The van der Waals surface area contributed by atoms with Gasteiger partial charge < -0.3 is 10.0 Å². The van der Waals surface area contributed by atoms with Gasteiger partial charge in [0, 0.05) is 26.2 Å². The Labute approximate surface area is 129 Å². The predicted octanol–water partition coefficient (Wildman–Crippen LogP) is 2.60. The SMILES string of the molecule is CN(C)CC1(CCCCO)CCN(Cc2ccccc2)C1. The smallest absolute Gasteiger partial charge is 0.0431 e. The summed E-state index contributed by atoms with van der Waals surface area (Å²) in [6, 6.07) is 10.8. The zero-order valence-electron chi connectivity index (χ0n) is 13.6. The fourth-order valence-electron chi connectivity index (χ4n) is 3.70. The van der Waals surface area contributed by atoms with E-state index >= 15 is 0 Å². The van der Waals surface area contributed by atoms with Crippen LogP contribution in [0.1, 0.15) is 31.2 Å². The molecule has 1 aromatic carbocycles. The molecule has 3 heteroatoms. The molecule has 0 spiro atoms. The van der Waals surface area contributed by atoms with Crippen molar-refractivity contribution in [3.8, 4) is 0 Å². The van der Waals surface area contributed by atoms with E-state index in [2.05, 4.69) is 54.2 Å². The molecular weight excluding hydrogens is 260 g/mol. The number of hydrogen-bond acceptors (Lipinski definition) is 3. The minimum absolute atomic E-state index is 0.325. The van der Waals surface area contributed by atoms with Gasteiger partial charge >= 0.3 is 0 Å². The van der Waals surface area contributed by atoms with Gasteiger partial charge in [0.25, 0.3) is 0 Å².